The highest BCUT2D eigenvalue weighted by Crippen LogP contribution is 2.22. The van der Waals surface area contributed by atoms with E-state index < -0.39 is 5.41 Å². The predicted octanol–water partition coefficient (Wildman–Crippen LogP) is 1.34. The van der Waals surface area contributed by atoms with Crippen LogP contribution in [0, 0.1) is 5.41 Å². The Balaban J connectivity index is 0. The van der Waals surface area contributed by atoms with E-state index in [-0.39, 0.29) is 24.4 Å². The summed E-state index contributed by atoms with van der Waals surface area (Å²) in [6.45, 7) is 5.55. The van der Waals surface area contributed by atoms with Crippen LogP contribution in [0.25, 0.3) is 0 Å². The molecule has 0 spiro atoms. The summed E-state index contributed by atoms with van der Waals surface area (Å²) in [5, 5.41) is 0. The monoisotopic (exact) mass is 195 g/mol. The number of carbonyl (C=O) groups is 1. The maximum atomic E-state index is 11.1. The zero-order valence-electron chi connectivity index (χ0n) is 8.09. The van der Waals surface area contributed by atoms with Gasteiger partial charge in [-0.15, -0.1) is 12.4 Å². The number of halogens is 1. The summed E-state index contributed by atoms with van der Waals surface area (Å²) in [6, 6.07) is -0.130. The first-order valence-electron chi connectivity index (χ1n) is 3.80. The first-order chi connectivity index (χ1) is 4.96. The van der Waals surface area contributed by atoms with Gasteiger partial charge in [-0.1, -0.05) is 6.92 Å². The van der Waals surface area contributed by atoms with Gasteiger partial charge in [0.05, 0.1) is 12.5 Å². The fourth-order valence-corrected chi connectivity index (χ4v) is 0.925. The summed E-state index contributed by atoms with van der Waals surface area (Å²) >= 11 is 0. The van der Waals surface area contributed by atoms with Gasteiger partial charge in [-0.2, -0.15) is 0 Å². The molecular formula is C8H18ClNO2. The Morgan fingerprint density at radius 2 is 2.00 bits per heavy atom. The van der Waals surface area contributed by atoms with Crippen LogP contribution in [0.1, 0.15) is 27.2 Å². The predicted molar refractivity (Wildman–Crippen MR) is 51.3 cm³/mol. The highest BCUT2D eigenvalue weighted by atomic mass is 35.5. The third kappa shape index (κ3) is 2.99. The molecule has 2 N–H and O–H groups in total. The zero-order valence-corrected chi connectivity index (χ0v) is 8.90. The second-order valence-corrected chi connectivity index (χ2v) is 3.23. The summed E-state index contributed by atoms with van der Waals surface area (Å²) in [5.41, 5.74) is 5.16. The lowest BCUT2D eigenvalue weighted by atomic mass is 9.84. The SMILES string of the molecule is CCC(N)C(C)(C)C(=O)OC.Cl. The van der Waals surface area contributed by atoms with Gasteiger partial charge in [-0.05, 0) is 20.3 Å². The van der Waals surface area contributed by atoms with Crippen LogP contribution in [0.4, 0.5) is 0 Å². The smallest absolute Gasteiger partial charge is 0.312 e. The molecule has 0 bridgehead atoms. The number of hydrogen-bond acceptors (Lipinski definition) is 3. The van der Waals surface area contributed by atoms with Crippen LogP contribution in [-0.2, 0) is 9.53 Å². The molecule has 4 heteroatoms. The molecule has 0 rings (SSSR count). The van der Waals surface area contributed by atoms with E-state index in [1.54, 1.807) is 13.8 Å². The van der Waals surface area contributed by atoms with Crippen LogP contribution < -0.4 is 5.73 Å². The largest absolute Gasteiger partial charge is 0.469 e. The van der Waals surface area contributed by atoms with Crippen LogP contribution >= 0.6 is 12.4 Å². The Kier molecular flexibility index (Phi) is 6.39. The molecule has 0 aliphatic heterocycles. The number of carbonyl (C=O) groups excluding carboxylic acids is 1. The fourth-order valence-electron chi connectivity index (χ4n) is 0.925. The topological polar surface area (TPSA) is 52.3 Å². The first-order valence-corrected chi connectivity index (χ1v) is 3.80. The lowest BCUT2D eigenvalue weighted by Crippen LogP contribution is -2.43. The van der Waals surface area contributed by atoms with Gasteiger partial charge in [0.15, 0.2) is 0 Å². The molecule has 0 aromatic heterocycles. The summed E-state index contributed by atoms with van der Waals surface area (Å²) in [7, 11) is 1.38. The van der Waals surface area contributed by atoms with Crippen molar-refractivity contribution in [3.05, 3.63) is 0 Å². The van der Waals surface area contributed by atoms with Gasteiger partial charge in [0.2, 0.25) is 0 Å². The Bertz CT molecular complexity index is 148. The van der Waals surface area contributed by atoms with Gasteiger partial charge in [-0.3, -0.25) is 4.79 Å². The van der Waals surface area contributed by atoms with Crippen LogP contribution in [0.3, 0.4) is 0 Å². The van der Waals surface area contributed by atoms with E-state index >= 15 is 0 Å². The van der Waals surface area contributed by atoms with Gasteiger partial charge in [-0.25, -0.2) is 0 Å². The summed E-state index contributed by atoms with van der Waals surface area (Å²) in [5.74, 6) is -0.244. The number of ether oxygens (including phenoxy) is 1. The van der Waals surface area contributed by atoms with Crippen molar-refractivity contribution < 1.29 is 9.53 Å². The molecule has 0 amide bonds. The van der Waals surface area contributed by atoms with E-state index in [0.29, 0.717) is 0 Å². The van der Waals surface area contributed by atoms with Crippen molar-refractivity contribution >= 4 is 18.4 Å². The van der Waals surface area contributed by atoms with Crippen LogP contribution in [0.2, 0.25) is 0 Å². The van der Waals surface area contributed by atoms with Crippen LogP contribution in [0.15, 0.2) is 0 Å². The first kappa shape index (κ1) is 14.3. The van der Waals surface area contributed by atoms with Gasteiger partial charge < -0.3 is 10.5 Å². The van der Waals surface area contributed by atoms with E-state index in [1.165, 1.54) is 7.11 Å². The summed E-state index contributed by atoms with van der Waals surface area (Å²) < 4.78 is 4.62. The summed E-state index contributed by atoms with van der Waals surface area (Å²) in [6.07, 6.45) is 0.780. The molecule has 0 aliphatic carbocycles. The Labute approximate surface area is 80.1 Å². The molecule has 3 nitrogen and oxygen atoms in total. The number of esters is 1. The van der Waals surface area contributed by atoms with Crippen molar-refractivity contribution in [1.82, 2.24) is 0 Å². The van der Waals surface area contributed by atoms with Gasteiger partial charge >= 0.3 is 5.97 Å². The number of hydrogen-bond donors (Lipinski definition) is 1. The lowest BCUT2D eigenvalue weighted by molar-refractivity contribution is -0.151. The molecule has 0 aromatic rings. The van der Waals surface area contributed by atoms with Crippen molar-refractivity contribution in [1.29, 1.82) is 0 Å². The maximum absolute atomic E-state index is 11.1. The molecule has 0 saturated carbocycles. The van der Waals surface area contributed by atoms with E-state index in [0.717, 1.165) is 6.42 Å². The molecule has 0 radical (unpaired) electrons. The molecule has 74 valence electrons. The third-order valence-corrected chi connectivity index (χ3v) is 2.08. The van der Waals surface area contributed by atoms with E-state index in [9.17, 15) is 4.79 Å². The molecule has 1 atom stereocenters. The van der Waals surface area contributed by atoms with Crippen molar-refractivity contribution in [2.75, 3.05) is 7.11 Å². The Morgan fingerprint density at radius 1 is 1.58 bits per heavy atom. The molecular weight excluding hydrogens is 178 g/mol. The van der Waals surface area contributed by atoms with Gasteiger partial charge in [0, 0.05) is 6.04 Å². The average Bonchev–Trinajstić information content (AvgIpc) is 2.01. The van der Waals surface area contributed by atoms with Crippen LogP contribution in [0.5, 0.6) is 0 Å². The second-order valence-electron chi connectivity index (χ2n) is 3.23. The number of rotatable bonds is 3. The highest BCUT2D eigenvalue weighted by molar-refractivity contribution is 5.85. The minimum Gasteiger partial charge on any atom is -0.469 e. The second kappa shape index (κ2) is 5.38. The minimum absolute atomic E-state index is 0. The van der Waals surface area contributed by atoms with Crippen LogP contribution in [-0.4, -0.2) is 19.1 Å². The van der Waals surface area contributed by atoms with Crippen molar-refractivity contribution in [3.63, 3.8) is 0 Å². The van der Waals surface area contributed by atoms with E-state index in [1.807, 2.05) is 6.92 Å². The van der Waals surface area contributed by atoms with Crippen molar-refractivity contribution in [2.24, 2.45) is 11.1 Å². The number of nitrogens with two attached hydrogens (primary N) is 1. The third-order valence-electron chi connectivity index (χ3n) is 2.08. The quantitative estimate of drug-likeness (QED) is 0.692. The van der Waals surface area contributed by atoms with Crippen molar-refractivity contribution in [3.8, 4) is 0 Å². The molecule has 0 fully saturated rings. The summed E-state index contributed by atoms with van der Waals surface area (Å²) in [4.78, 5) is 11.1. The van der Waals surface area contributed by atoms with Gasteiger partial charge in [0.1, 0.15) is 0 Å². The Morgan fingerprint density at radius 3 is 2.25 bits per heavy atom. The standard InChI is InChI=1S/C8H17NO2.ClH/c1-5-6(9)8(2,3)7(10)11-4;/h6H,5,9H2,1-4H3;1H. The molecule has 12 heavy (non-hydrogen) atoms. The van der Waals surface area contributed by atoms with E-state index in [4.69, 9.17) is 5.73 Å². The average molecular weight is 196 g/mol. The molecule has 0 aromatic carbocycles. The fraction of sp³-hybridized carbons (Fsp3) is 0.875. The van der Waals surface area contributed by atoms with Crippen molar-refractivity contribution in [2.45, 2.75) is 33.2 Å². The zero-order chi connectivity index (χ0) is 9.07. The molecule has 0 heterocycles. The molecule has 0 aliphatic rings. The molecule has 0 saturated heterocycles. The minimum atomic E-state index is -0.566. The van der Waals surface area contributed by atoms with Gasteiger partial charge in [0.25, 0.3) is 0 Å². The Hall–Kier alpha value is -0.280. The highest BCUT2D eigenvalue weighted by Gasteiger charge is 2.34. The number of methoxy groups -OCH3 is 1. The lowest BCUT2D eigenvalue weighted by Gasteiger charge is -2.27. The van der Waals surface area contributed by atoms with E-state index in [2.05, 4.69) is 4.74 Å². The normalized spacial score (nSPS) is 13.1. The molecule has 1 unspecified atom stereocenters. The maximum Gasteiger partial charge on any atom is 0.312 e.